The van der Waals surface area contributed by atoms with Gasteiger partial charge in [-0.25, -0.2) is 9.97 Å². The predicted octanol–water partition coefficient (Wildman–Crippen LogP) is 1.77. The van der Waals surface area contributed by atoms with Gasteiger partial charge in [-0.1, -0.05) is 35.5 Å². The average molecular weight is 267 g/mol. The normalized spacial score (nSPS) is 12.2. The molecule has 0 saturated carbocycles. The molecule has 2 N–H and O–H groups in total. The molecule has 0 fully saturated rings. The lowest BCUT2D eigenvalue weighted by molar-refractivity contribution is 0.354. The van der Waals surface area contributed by atoms with E-state index in [1.54, 1.807) is 18.5 Å². The highest BCUT2D eigenvalue weighted by Crippen LogP contribution is 2.17. The van der Waals surface area contributed by atoms with Gasteiger partial charge in [0.25, 0.3) is 0 Å². The Balaban J connectivity index is 1.77. The summed E-state index contributed by atoms with van der Waals surface area (Å²) in [5, 5.41) is 3.86. The minimum Gasteiger partial charge on any atom is -0.337 e. The molecule has 0 bridgehead atoms. The van der Waals surface area contributed by atoms with Gasteiger partial charge in [0.15, 0.2) is 0 Å². The molecule has 6 nitrogen and oxygen atoms in total. The van der Waals surface area contributed by atoms with Crippen LogP contribution in [0, 0.1) is 0 Å². The smallest absolute Gasteiger partial charge is 0.244 e. The molecular weight excluding hydrogens is 254 g/mol. The summed E-state index contributed by atoms with van der Waals surface area (Å²) in [6.45, 7) is 0. The number of aromatic nitrogens is 4. The molecule has 20 heavy (non-hydrogen) atoms. The molecule has 0 saturated heterocycles. The third-order valence-corrected chi connectivity index (χ3v) is 2.82. The summed E-state index contributed by atoms with van der Waals surface area (Å²) in [5.41, 5.74) is 7.20. The van der Waals surface area contributed by atoms with Gasteiger partial charge >= 0.3 is 0 Å². The molecule has 3 aromatic rings. The number of hydrogen-bond donors (Lipinski definition) is 1. The van der Waals surface area contributed by atoms with Crippen LogP contribution >= 0.6 is 0 Å². The fourth-order valence-electron chi connectivity index (χ4n) is 1.85. The van der Waals surface area contributed by atoms with E-state index in [1.165, 1.54) is 0 Å². The van der Waals surface area contributed by atoms with Gasteiger partial charge in [-0.3, -0.25) is 0 Å². The summed E-state index contributed by atoms with van der Waals surface area (Å²) >= 11 is 0. The van der Waals surface area contributed by atoms with Crippen molar-refractivity contribution in [1.82, 2.24) is 20.1 Å². The van der Waals surface area contributed by atoms with Crippen molar-refractivity contribution in [2.24, 2.45) is 5.73 Å². The number of benzene rings is 1. The van der Waals surface area contributed by atoms with Gasteiger partial charge in [0.2, 0.25) is 17.5 Å². The van der Waals surface area contributed by atoms with Crippen molar-refractivity contribution in [3.05, 3.63) is 60.2 Å². The lowest BCUT2D eigenvalue weighted by Gasteiger charge is -2.05. The number of nitrogens with two attached hydrogens (primary N) is 1. The summed E-state index contributed by atoms with van der Waals surface area (Å²) in [6.07, 6.45) is 3.89. The zero-order valence-electron chi connectivity index (χ0n) is 10.7. The summed E-state index contributed by atoms with van der Waals surface area (Å²) in [7, 11) is 0. The van der Waals surface area contributed by atoms with Crippen molar-refractivity contribution in [3.8, 4) is 11.6 Å². The first-order valence-electron chi connectivity index (χ1n) is 6.23. The van der Waals surface area contributed by atoms with E-state index in [0.29, 0.717) is 24.0 Å². The third-order valence-electron chi connectivity index (χ3n) is 2.82. The Morgan fingerprint density at radius 3 is 2.50 bits per heavy atom. The van der Waals surface area contributed by atoms with E-state index in [2.05, 4.69) is 20.1 Å². The van der Waals surface area contributed by atoms with Crippen LogP contribution in [0.25, 0.3) is 11.6 Å². The first-order chi connectivity index (χ1) is 9.83. The van der Waals surface area contributed by atoms with Crippen LogP contribution in [0.2, 0.25) is 0 Å². The van der Waals surface area contributed by atoms with Crippen molar-refractivity contribution in [2.75, 3.05) is 0 Å². The van der Waals surface area contributed by atoms with Crippen molar-refractivity contribution in [1.29, 1.82) is 0 Å². The van der Waals surface area contributed by atoms with Crippen LogP contribution in [0.5, 0.6) is 0 Å². The lowest BCUT2D eigenvalue weighted by Crippen LogP contribution is -2.13. The molecule has 100 valence electrons. The number of rotatable bonds is 4. The van der Waals surface area contributed by atoms with E-state index in [1.807, 2.05) is 30.3 Å². The Morgan fingerprint density at radius 1 is 1.00 bits per heavy atom. The van der Waals surface area contributed by atoms with Crippen molar-refractivity contribution in [2.45, 2.75) is 12.5 Å². The highest BCUT2D eigenvalue weighted by atomic mass is 16.5. The van der Waals surface area contributed by atoms with Crippen molar-refractivity contribution >= 4 is 0 Å². The van der Waals surface area contributed by atoms with Crippen molar-refractivity contribution < 1.29 is 4.52 Å². The highest BCUT2D eigenvalue weighted by molar-refractivity contribution is 5.40. The first kappa shape index (κ1) is 12.4. The van der Waals surface area contributed by atoms with Crippen LogP contribution in [-0.4, -0.2) is 20.1 Å². The van der Waals surface area contributed by atoms with E-state index in [4.69, 9.17) is 10.3 Å². The molecule has 0 radical (unpaired) electrons. The zero-order chi connectivity index (χ0) is 13.8. The van der Waals surface area contributed by atoms with Gasteiger partial charge < -0.3 is 10.3 Å². The topological polar surface area (TPSA) is 90.7 Å². The van der Waals surface area contributed by atoms with E-state index in [-0.39, 0.29) is 6.04 Å². The summed E-state index contributed by atoms with van der Waals surface area (Å²) in [6, 6.07) is 11.3. The quantitative estimate of drug-likeness (QED) is 0.774. The van der Waals surface area contributed by atoms with E-state index in [0.717, 1.165) is 5.56 Å². The molecule has 0 spiro atoms. The first-order valence-corrected chi connectivity index (χ1v) is 6.23. The fourth-order valence-corrected chi connectivity index (χ4v) is 1.85. The van der Waals surface area contributed by atoms with Gasteiger partial charge in [0.05, 0.1) is 6.04 Å². The van der Waals surface area contributed by atoms with E-state index >= 15 is 0 Å². The molecule has 0 amide bonds. The summed E-state index contributed by atoms with van der Waals surface area (Å²) in [4.78, 5) is 12.4. The van der Waals surface area contributed by atoms with Crippen molar-refractivity contribution in [3.63, 3.8) is 0 Å². The molecule has 0 aliphatic carbocycles. The fraction of sp³-hybridized carbons (Fsp3) is 0.143. The molecule has 6 heteroatoms. The third kappa shape index (κ3) is 2.70. The lowest BCUT2D eigenvalue weighted by atomic mass is 10.1. The Bertz CT molecular complexity index is 668. The standard InChI is InChI=1S/C14H13N5O/c15-11(9-10-5-2-1-3-6-10)14-18-13(19-20-14)12-16-7-4-8-17-12/h1-8,11H,9,15H2. The van der Waals surface area contributed by atoms with Crippen LogP contribution in [0.1, 0.15) is 17.5 Å². The van der Waals surface area contributed by atoms with Crippen LogP contribution in [0.15, 0.2) is 53.3 Å². The molecule has 0 aliphatic rings. The second kappa shape index (κ2) is 5.58. The maximum atomic E-state index is 6.08. The second-order valence-electron chi connectivity index (χ2n) is 4.32. The molecule has 2 heterocycles. The molecule has 0 aliphatic heterocycles. The monoisotopic (exact) mass is 267 g/mol. The van der Waals surface area contributed by atoms with Gasteiger partial charge in [-0.2, -0.15) is 4.98 Å². The van der Waals surface area contributed by atoms with Crippen LogP contribution in [-0.2, 0) is 6.42 Å². The average Bonchev–Trinajstić information content (AvgIpc) is 2.99. The number of nitrogens with zero attached hydrogens (tertiary/aromatic N) is 4. The minimum absolute atomic E-state index is 0.345. The largest absolute Gasteiger partial charge is 0.337 e. The predicted molar refractivity (Wildman–Crippen MR) is 72.4 cm³/mol. The maximum absolute atomic E-state index is 6.08. The molecule has 1 atom stereocenters. The maximum Gasteiger partial charge on any atom is 0.244 e. The Hall–Kier alpha value is -2.60. The van der Waals surface area contributed by atoms with Gasteiger partial charge in [-0.05, 0) is 18.1 Å². The molecule has 3 rings (SSSR count). The zero-order valence-corrected chi connectivity index (χ0v) is 10.7. The van der Waals surface area contributed by atoms with Gasteiger partial charge in [0.1, 0.15) is 0 Å². The highest BCUT2D eigenvalue weighted by Gasteiger charge is 2.17. The van der Waals surface area contributed by atoms with Crippen LogP contribution in [0.3, 0.4) is 0 Å². The molecule has 1 aromatic carbocycles. The Kier molecular flexibility index (Phi) is 3.47. The molecule has 1 unspecified atom stereocenters. The van der Waals surface area contributed by atoms with E-state index in [9.17, 15) is 0 Å². The molecule has 2 aromatic heterocycles. The Labute approximate surface area is 115 Å². The second-order valence-corrected chi connectivity index (χ2v) is 4.32. The minimum atomic E-state index is -0.345. The molecular formula is C14H13N5O. The van der Waals surface area contributed by atoms with Crippen LogP contribution in [0.4, 0.5) is 0 Å². The van der Waals surface area contributed by atoms with Gasteiger partial charge in [-0.15, -0.1) is 0 Å². The SMILES string of the molecule is NC(Cc1ccccc1)c1nc(-c2ncccn2)no1. The van der Waals surface area contributed by atoms with E-state index < -0.39 is 0 Å². The summed E-state index contributed by atoms with van der Waals surface area (Å²) in [5.74, 6) is 1.16. The number of hydrogen-bond acceptors (Lipinski definition) is 6. The summed E-state index contributed by atoms with van der Waals surface area (Å²) < 4.78 is 5.19. The Morgan fingerprint density at radius 2 is 1.75 bits per heavy atom. The van der Waals surface area contributed by atoms with Crippen LogP contribution < -0.4 is 5.73 Å². The van der Waals surface area contributed by atoms with Gasteiger partial charge in [0, 0.05) is 12.4 Å².